The predicted molar refractivity (Wildman–Crippen MR) is 65.3 cm³/mol. The number of aromatic nitrogens is 2. The summed E-state index contributed by atoms with van der Waals surface area (Å²) in [6, 6.07) is 3.60. The van der Waals surface area contributed by atoms with E-state index in [4.69, 9.17) is 4.42 Å². The van der Waals surface area contributed by atoms with Crippen molar-refractivity contribution in [3.63, 3.8) is 0 Å². The molecule has 1 amide bonds. The van der Waals surface area contributed by atoms with E-state index in [1.54, 1.807) is 12.3 Å². The molecule has 0 saturated carbocycles. The smallest absolute Gasteiger partial charge is 0.236 e. The highest BCUT2D eigenvalue weighted by Crippen LogP contribution is 2.29. The van der Waals surface area contributed by atoms with Crippen LogP contribution in [-0.4, -0.2) is 27.0 Å². The maximum Gasteiger partial charge on any atom is 0.236 e. The summed E-state index contributed by atoms with van der Waals surface area (Å²) in [6.45, 7) is 0. The van der Waals surface area contributed by atoms with Crippen molar-refractivity contribution in [1.82, 2.24) is 15.5 Å². The first-order chi connectivity index (χ1) is 8.31. The van der Waals surface area contributed by atoms with Gasteiger partial charge >= 0.3 is 0 Å². The van der Waals surface area contributed by atoms with E-state index in [2.05, 4.69) is 20.5 Å². The van der Waals surface area contributed by atoms with Crippen LogP contribution in [0.4, 0.5) is 5.13 Å². The minimum Gasteiger partial charge on any atom is -0.462 e. The number of hydrogen-bond donors (Lipinski definition) is 1. The number of carbonyl (C=O) groups excluding carboxylic acids is 1. The zero-order valence-electron chi connectivity index (χ0n) is 8.41. The van der Waals surface area contributed by atoms with Gasteiger partial charge in [-0.25, -0.2) is 0 Å². The fraction of sp³-hybridized carbons (Fsp3) is 0.111. The van der Waals surface area contributed by atoms with E-state index in [1.807, 2.05) is 6.07 Å². The summed E-state index contributed by atoms with van der Waals surface area (Å²) in [4.78, 5) is 15.2. The molecule has 0 spiro atoms. The third kappa shape index (κ3) is 2.22. The summed E-state index contributed by atoms with van der Waals surface area (Å²) in [6.07, 6.45) is 1.58. The van der Waals surface area contributed by atoms with Crippen molar-refractivity contribution >= 4 is 39.3 Å². The molecular formula is C9H6N4O2S2. The van der Waals surface area contributed by atoms with Crippen molar-refractivity contribution in [2.75, 3.05) is 5.75 Å². The number of thioether (sulfide) groups is 1. The second kappa shape index (κ2) is 4.30. The molecule has 17 heavy (non-hydrogen) atoms. The highest BCUT2D eigenvalue weighted by Gasteiger charge is 2.17. The Labute approximate surface area is 104 Å². The van der Waals surface area contributed by atoms with E-state index in [-0.39, 0.29) is 5.91 Å². The average molecular weight is 266 g/mol. The number of nitrogens with one attached hydrogen (secondary N) is 1. The van der Waals surface area contributed by atoms with Crippen LogP contribution in [-0.2, 0) is 4.79 Å². The second-order valence-electron chi connectivity index (χ2n) is 3.12. The molecular weight excluding hydrogens is 260 g/mol. The molecule has 0 unspecified atom stereocenters. The molecule has 2 aromatic heterocycles. The van der Waals surface area contributed by atoms with Gasteiger partial charge in [0.2, 0.25) is 11.0 Å². The zero-order chi connectivity index (χ0) is 11.7. The monoisotopic (exact) mass is 266 g/mol. The van der Waals surface area contributed by atoms with Crippen LogP contribution in [0.1, 0.15) is 0 Å². The van der Waals surface area contributed by atoms with Crippen LogP contribution in [0, 0.1) is 0 Å². The van der Waals surface area contributed by atoms with Gasteiger partial charge in [0.15, 0.2) is 15.9 Å². The summed E-state index contributed by atoms with van der Waals surface area (Å²) in [5, 5.41) is 12.3. The van der Waals surface area contributed by atoms with Crippen LogP contribution in [0.2, 0.25) is 0 Å². The Bertz CT molecular complexity index is 576. The SMILES string of the molecule is O=C1CS/C(=N/c2nnc(-c3ccco3)s2)N1. The molecule has 0 aromatic carbocycles. The van der Waals surface area contributed by atoms with E-state index in [0.717, 1.165) is 0 Å². The Balaban J connectivity index is 1.84. The number of furan rings is 1. The number of hydrogen-bond acceptors (Lipinski definition) is 7. The first-order valence-electron chi connectivity index (χ1n) is 4.70. The van der Waals surface area contributed by atoms with Crippen molar-refractivity contribution < 1.29 is 9.21 Å². The van der Waals surface area contributed by atoms with Crippen LogP contribution >= 0.6 is 23.1 Å². The number of nitrogens with zero attached hydrogens (tertiary/aromatic N) is 3. The Morgan fingerprint density at radius 2 is 2.41 bits per heavy atom. The van der Waals surface area contributed by atoms with Gasteiger partial charge in [0.05, 0.1) is 12.0 Å². The lowest BCUT2D eigenvalue weighted by Crippen LogP contribution is -2.19. The fourth-order valence-corrected chi connectivity index (χ4v) is 2.66. The van der Waals surface area contributed by atoms with Crippen LogP contribution in [0.5, 0.6) is 0 Å². The van der Waals surface area contributed by atoms with Crippen LogP contribution in [0.15, 0.2) is 27.8 Å². The molecule has 3 heterocycles. The van der Waals surface area contributed by atoms with Gasteiger partial charge in [0.1, 0.15) is 0 Å². The normalized spacial score (nSPS) is 17.6. The van der Waals surface area contributed by atoms with E-state index in [0.29, 0.717) is 26.8 Å². The number of rotatable bonds is 2. The molecule has 1 N–H and O–H groups in total. The van der Waals surface area contributed by atoms with E-state index in [9.17, 15) is 4.79 Å². The van der Waals surface area contributed by atoms with Crippen molar-refractivity contribution in [1.29, 1.82) is 0 Å². The molecule has 0 bridgehead atoms. The molecule has 8 heteroatoms. The maximum atomic E-state index is 11.0. The molecule has 3 rings (SSSR count). The second-order valence-corrected chi connectivity index (χ2v) is 5.04. The number of aliphatic imine (C=N–C) groups is 1. The predicted octanol–water partition coefficient (Wildman–Crippen LogP) is 1.65. The molecule has 6 nitrogen and oxygen atoms in total. The minimum absolute atomic E-state index is 0.0375. The topological polar surface area (TPSA) is 80.4 Å². The molecule has 1 saturated heterocycles. The van der Waals surface area contributed by atoms with E-state index < -0.39 is 0 Å². The van der Waals surface area contributed by atoms with Crippen molar-refractivity contribution in [3.8, 4) is 10.8 Å². The minimum atomic E-state index is -0.0375. The Morgan fingerprint density at radius 3 is 3.12 bits per heavy atom. The largest absolute Gasteiger partial charge is 0.462 e. The van der Waals surface area contributed by atoms with Gasteiger partial charge in [-0.3, -0.25) is 4.79 Å². The first-order valence-corrected chi connectivity index (χ1v) is 6.50. The summed E-state index contributed by atoms with van der Waals surface area (Å²) >= 11 is 2.67. The molecule has 1 fully saturated rings. The van der Waals surface area contributed by atoms with E-state index >= 15 is 0 Å². The Morgan fingerprint density at radius 1 is 1.47 bits per heavy atom. The molecule has 0 aliphatic carbocycles. The maximum absolute atomic E-state index is 11.0. The number of amides is 1. The summed E-state index contributed by atoms with van der Waals surface area (Å²) < 4.78 is 5.20. The lowest BCUT2D eigenvalue weighted by Gasteiger charge is -1.90. The summed E-state index contributed by atoms with van der Waals surface area (Å²) in [5.41, 5.74) is 0. The fourth-order valence-electron chi connectivity index (χ4n) is 1.23. The quantitative estimate of drug-likeness (QED) is 0.893. The lowest BCUT2D eigenvalue weighted by molar-refractivity contribution is -0.116. The number of amidine groups is 1. The van der Waals surface area contributed by atoms with Gasteiger partial charge in [-0.1, -0.05) is 23.1 Å². The Kier molecular flexibility index (Phi) is 2.65. The standard InChI is InChI=1S/C9H6N4O2S2/c14-6-4-16-8(10-6)11-9-13-12-7(17-9)5-2-1-3-15-5/h1-3H,4H2,(H,10,11,13,14). The summed E-state index contributed by atoms with van der Waals surface area (Å²) in [5.74, 6) is 1.03. The van der Waals surface area contributed by atoms with Gasteiger partial charge in [0, 0.05) is 0 Å². The van der Waals surface area contributed by atoms with Crippen LogP contribution < -0.4 is 5.32 Å². The van der Waals surface area contributed by atoms with Crippen LogP contribution in [0.25, 0.3) is 10.8 Å². The van der Waals surface area contributed by atoms with Gasteiger partial charge < -0.3 is 9.73 Å². The van der Waals surface area contributed by atoms with Crippen molar-refractivity contribution in [2.24, 2.45) is 4.99 Å². The first kappa shape index (κ1) is 10.5. The van der Waals surface area contributed by atoms with Crippen molar-refractivity contribution in [2.45, 2.75) is 0 Å². The van der Waals surface area contributed by atoms with Crippen LogP contribution in [0.3, 0.4) is 0 Å². The van der Waals surface area contributed by atoms with Crippen molar-refractivity contribution in [3.05, 3.63) is 18.4 Å². The third-order valence-corrected chi connectivity index (χ3v) is 3.63. The van der Waals surface area contributed by atoms with E-state index in [1.165, 1.54) is 23.1 Å². The lowest BCUT2D eigenvalue weighted by atomic mass is 10.5. The van der Waals surface area contributed by atoms with Gasteiger partial charge in [-0.2, -0.15) is 4.99 Å². The molecule has 0 atom stereocenters. The zero-order valence-corrected chi connectivity index (χ0v) is 10.0. The third-order valence-electron chi connectivity index (χ3n) is 1.93. The summed E-state index contributed by atoms with van der Waals surface area (Å²) in [7, 11) is 0. The highest BCUT2D eigenvalue weighted by molar-refractivity contribution is 8.15. The molecule has 0 radical (unpaired) electrons. The highest BCUT2D eigenvalue weighted by atomic mass is 32.2. The average Bonchev–Trinajstić information content (AvgIpc) is 3.00. The van der Waals surface area contributed by atoms with Gasteiger partial charge in [-0.05, 0) is 12.1 Å². The molecule has 86 valence electrons. The van der Waals surface area contributed by atoms with Gasteiger partial charge in [0.25, 0.3) is 0 Å². The molecule has 1 aliphatic rings. The molecule has 2 aromatic rings. The van der Waals surface area contributed by atoms with Gasteiger partial charge in [-0.15, -0.1) is 10.2 Å². The number of carbonyl (C=O) groups is 1. The molecule has 1 aliphatic heterocycles. The Hall–Kier alpha value is -1.67.